The number of anilines is 1. The Labute approximate surface area is 145 Å². The van der Waals surface area contributed by atoms with Crippen molar-refractivity contribution < 1.29 is 13.2 Å². The number of nitrogens with one attached hydrogen (secondary N) is 1. The zero-order chi connectivity index (χ0) is 17.1. The van der Waals surface area contributed by atoms with Gasteiger partial charge in [-0.15, -0.1) is 0 Å². The number of carbonyl (C=O) groups excluding carboxylic acids is 1. The highest BCUT2D eigenvalue weighted by Crippen LogP contribution is 2.35. The summed E-state index contributed by atoms with van der Waals surface area (Å²) in [5, 5.41) is 3.10. The minimum atomic E-state index is -3.72. The first kappa shape index (κ1) is 19.4. The maximum Gasteiger partial charge on any atom is 0.240 e. The molecule has 22 heavy (non-hydrogen) atoms. The van der Waals surface area contributed by atoms with Gasteiger partial charge in [-0.05, 0) is 18.1 Å². The first-order valence-corrected chi connectivity index (χ1v) is 9.39. The number of benzene rings is 1. The minimum absolute atomic E-state index is 0.0940. The second kappa shape index (κ2) is 7.73. The van der Waals surface area contributed by atoms with Crippen molar-refractivity contribution in [3.05, 3.63) is 27.2 Å². The Balaban J connectivity index is 3.11. The van der Waals surface area contributed by atoms with E-state index in [1.165, 1.54) is 12.1 Å². The van der Waals surface area contributed by atoms with Crippen molar-refractivity contribution in [2.24, 2.45) is 5.92 Å². The van der Waals surface area contributed by atoms with E-state index in [1.807, 2.05) is 13.8 Å². The molecule has 0 fully saturated rings. The molecule has 0 bridgehead atoms. The summed E-state index contributed by atoms with van der Waals surface area (Å²) in [6, 6.07) is 2.66. The quantitative estimate of drug-likeness (QED) is 0.762. The second-order valence-electron chi connectivity index (χ2n) is 5.19. The van der Waals surface area contributed by atoms with Crippen LogP contribution in [0.15, 0.2) is 12.1 Å². The molecule has 0 aromatic heterocycles. The summed E-state index contributed by atoms with van der Waals surface area (Å²) in [6.07, 6.45) is 0.988. The van der Waals surface area contributed by atoms with Crippen LogP contribution >= 0.6 is 34.8 Å². The Morgan fingerprint density at radius 3 is 2.23 bits per heavy atom. The van der Waals surface area contributed by atoms with E-state index in [2.05, 4.69) is 5.32 Å². The number of hydrogen-bond acceptors (Lipinski definition) is 3. The average molecular weight is 388 g/mol. The van der Waals surface area contributed by atoms with Gasteiger partial charge in [0.1, 0.15) is 6.54 Å². The van der Waals surface area contributed by atoms with Crippen LogP contribution in [0, 0.1) is 5.92 Å². The van der Waals surface area contributed by atoms with Gasteiger partial charge in [0.25, 0.3) is 0 Å². The molecule has 1 amide bonds. The van der Waals surface area contributed by atoms with Crippen molar-refractivity contribution >= 4 is 56.4 Å². The van der Waals surface area contributed by atoms with Crippen molar-refractivity contribution in [3.63, 3.8) is 0 Å². The second-order valence-corrected chi connectivity index (χ2v) is 8.31. The number of nitrogens with zero attached hydrogens (tertiary/aromatic N) is 1. The molecule has 1 aromatic carbocycles. The fourth-order valence-corrected chi connectivity index (χ4v) is 3.14. The predicted octanol–water partition coefficient (Wildman–Crippen LogP) is 3.19. The van der Waals surface area contributed by atoms with Crippen LogP contribution in [0.25, 0.3) is 0 Å². The van der Waals surface area contributed by atoms with Gasteiger partial charge in [0, 0.05) is 6.54 Å². The van der Waals surface area contributed by atoms with E-state index in [4.69, 9.17) is 34.8 Å². The Morgan fingerprint density at radius 2 is 1.73 bits per heavy atom. The van der Waals surface area contributed by atoms with Crippen LogP contribution in [0.1, 0.15) is 13.8 Å². The van der Waals surface area contributed by atoms with Gasteiger partial charge < -0.3 is 5.32 Å². The first-order chi connectivity index (χ1) is 10.0. The van der Waals surface area contributed by atoms with Crippen LogP contribution in [0.5, 0.6) is 0 Å². The lowest BCUT2D eigenvalue weighted by Crippen LogP contribution is -2.41. The highest BCUT2D eigenvalue weighted by Gasteiger charge is 2.24. The first-order valence-electron chi connectivity index (χ1n) is 6.41. The largest absolute Gasteiger partial charge is 0.354 e. The summed E-state index contributed by atoms with van der Waals surface area (Å²) < 4.78 is 24.8. The van der Waals surface area contributed by atoms with Crippen LogP contribution in [-0.4, -0.2) is 33.7 Å². The molecule has 0 aliphatic carbocycles. The number of amides is 1. The number of halogens is 3. The van der Waals surface area contributed by atoms with Crippen LogP contribution in [-0.2, 0) is 14.8 Å². The predicted molar refractivity (Wildman–Crippen MR) is 91.5 cm³/mol. The Morgan fingerprint density at radius 1 is 1.18 bits per heavy atom. The smallest absolute Gasteiger partial charge is 0.240 e. The third-order valence-corrected chi connectivity index (χ3v) is 4.80. The fraction of sp³-hybridized carbons (Fsp3) is 0.462. The third-order valence-electron chi connectivity index (χ3n) is 2.65. The van der Waals surface area contributed by atoms with Crippen LogP contribution in [0.3, 0.4) is 0 Å². The minimum Gasteiger partial charge on any atom is -0.354 e. The van der Waals surface area contributed by atoms with E-state index in [-0.39, 0.29) is 33.2 Å². The van der Waals surface area contributed by atoms with Crippen molar-refractivity contribution in [2.45, 2.75) is 13.8 Å². The van der Waals surface area contributed by atoms with Gasteiger partial charge in [-0.1, -0.05) is 48.7 Å². The highest BCUT2D eigenvalue weighted by molar-refractivity contribution is 7.92. The zero-order valence-corrected chi connectivity index (χ0v) is 15.4. The molecule has 0 saturated carbocycles. The average Bonchev–Trinajstić information content (AvgIpc) is 2.37. The van der Waals surface area contributed by atoms with Gasteiger partial charge in [-0.2, -0.15) is 0 Å². The van der Waals surface area contributed by atoms with Gasteiger partial charge in [0.15, 0.2) is 0 Å². The van der Waals surface area contributed by atoms with Crippen molar-refractivity contribution in [3.8, 4) is 0 Å². The molecule has 0 aliphatic heterocycles. The monoisotopic (exact) mass is 386 g/mol. The molecule has 0 atom stereocenters. The third kappa shape index (κ3) is 5.50. The summed E-state index contributed by atoms with van der Waals surface area (Å²) >= 11 is 17.8. The molecular formula is C13H17Cl3N2O3S. The number of hydrogen-bond donors (Lipinski definition) is 1. The van der Waals surface area contributed by atoms with E-state index in [0.29, 0.717) is 6.54 Å². The fourth-order valence-electron chi connectivity index (χ4n) is 1.59. The van der Waals surface area contributed by atoms with Crippen molar-refractivity contribution in [2.75, 3.05) is 23.7 Å². The SMILES string of the molecule is CC(C)CNC(=O)CN(c1cc(Cl)c(Cl)cc1Cl)S(C)(=O)=O. The zero-order valence-electron chi connectivity index (χ0n) is 12.4. The molecule has 0 unspecified atom stereocenters. The topological polar surface area (TPSA) is 66.5 Å². The molecule has 1 N–H and O–H groups in total. The lowest BCUT2D eigenvalue weighted by atomic mass is 10.2. The molecule has 0 saturated heterocycles. The summed E-state index contributed by atoms with van der Waals surface area (Å²) in [4.78, 5) is 11.9. The number of sulfonamides is 1. The van der Waals surface area contributed by atoms with E-state index in [0.717, 1.165) is 10.6 Å². The van der Waals surface area contributed by atoms with Gasteiger partial charge in [0.2, 0.25) is 15.9 Å². The molecule has 0 aliphatic rings. The van der Waals surface area contributed by atoms with Crippen LogP contribution in [0.4, 0.5) is 5.69 Å². The molecule has 9 heteroatoms. The molecule has 5 nitrogen and oxygen atoms in total. The lowest BCUT2D eigenvalue weighted by Gasteiger charge is -2.23. The molecule has 0 heterocycles. The van der Waals surface area contributed by atoms with Crippen molar-refractivity contribution in [1.82, 2.24) is 5.32 Å². The Hall–Kier alpha value is -0.690. The van der Waals surface area contributed by atoms with E-state index in [1.54, 1.807) is 0 Å². The van der Waals surface area contributed by atoms with E-state index < -0.39 is 15.9 Å². The molecule has 1 aromatic rings. The van der Waals surface area contributed by atoms with Gasteiger partial charge >= 0.3 is 0 Å². The molecular weight excluding hydrogens is 371 g/mol. The van der Waals surface area contributed by atoms with Gasteiger partial charge in [0.05, 0.1) is 27.0 Å². The summed E-state index contributed by atoms with van der Waals surface area (Å²) in [6.45, 7) is 3.93. The summed E-state index contributed by atoms with van der Waals surface area (Å²) in [7, 11) is -3.72. The van der Waals surface area contributed by atoms with Gasteiger partial charge in [-0.25, -0.2) is 8.42 Å². The van der Waals surface area contributed by atoms with Crippen molar-refractivity contribution in [1.29, 1.82) is 0 Å². The molecule has 0 radical (unpaired) electrons. The highest BCUT2D eigenvalue weighted by atomic mass is 35.5. The maximum absolute atomic E-state index is 12.0. The maximum atomic E-state index is 12.0. The Kier molecular flexibility index (Phi) is 6.80. The summed E-state index contributed by atoms with van der Waals surface area (Å²) in [5.74, 6) is -0.175. The lowest BCUT2D eigenvalue weighted by molar-refractivity contribution is -0.119. The van der Waals surface area contributed by atoms with E-state index >= 15 is 0 Å². The molecule has 0 spiro atoms. The molecule has 124 valence electrons. The number of rotatable bonds is 6. The molecule has 1 rings (SSSR count). The summed E-state index contributed by atoms with van der Waals surface area (Å²) in [5.41, 5.74) is 0.110. The normalized spacial score (nSPS) is 11.6. The van der Waals surface area contributed by atoms with Gasteiger partial charge in [-0.3, -0.25) is 9.10 Å². The van der Waals surface area contributed by atoms with Crippen LogP contribution < -0.4 is 9.62 Å². The van der Waals surface area contributed by atoms with E-state index in [9.17, 15) is 13.2 Å². The Bertz CT molecular complexity index is 663. The standard InChI is InChI=1S/C13H17Cl3N2O3S/c1-8(2)6-17-13(19)7-18(22(3,20)21)12-5-10(15)9(14)4-11(12)16/h4-5,8H,6-7H2,1-3H3,(H,17,19). The number of carbonyl (C=O) groups is 1. The van der Waals surface area contributed by atoms with Crippen LogP contribution in [0.2, 0.25) is 15.1 Å².